The number of carbonyl (C=O) groups is 1. The molecule has 1 aromatic heterocycles. The van der Waals surface area contributed by atoms with Gasteiger partial charge in [0.2, 0.25) is 0 Å². The normalized spacial score (nSPS) is 36.2. The van der Waals surface area contributed by atoms with Gasteiger partial charge in [0.05, 0.1) is 18.3 Å². The quantitative estimate of drug-likeness (QED) is 0.236. The van der Waals surface area contributed by atoms with E-state index in [0.29, 0.717) is 25.7 Å². The fraction of sp³-hybridized carbons (Fsp3) is 0.600. The first-order valence-corrected chi connectivity index (χ1v) is 13.1. The molecule has 2 saturated carbocycles. The van der Waals surface area contributed by atoms with Crippen LogP contribution < -0.4 is 0 Å². The largest absolute Gasteiger partial charge is 0.459 e. The number of aromatic nitrogens is 1. The van der Waals surface area contributed by atoms with Crippen LogP contribution in [0.25, 0.3) is 0 Å². The maximum atomic E-state index is 11.8. The van der Waals surface area contributed by atoms with Crippen molar-refractivity contribution < 1.29 is 36.9 Å². The van der Waals surface area contributed by atoms with Gasteiger partial charge in [0.15, 0.2) is 0 Å². The Hall–Kier alpha value is -2.11. The Morgan fingerprint density at radius 2 is 1.91 bits per heavy atom. The first-order chi connectivity index (χ1) is 16.4. The monoisotopic (exact) mass is 509 g/mol. The summed E-state index contributed by atoms with van der Waals surface area (Å²) in [6, 6.07) is 5.72. The number of esters is 1. The summed E-state index contributed by atoms with van der Waals surface area (Å²) in [4.78, 5) is 15.6. The van der Waals surface area contributed by atoms with E-state index >= 15 is 0 Å². The minimum absolute atomic E-state index is 0.00749. The van der Waals surface area contributed by atoms with Crippen molar-refractivity contribution in [2.45, 2.75) is 58.2 Å². The van der Waals surface area contributed by atoms with Crippen LogP contribution in [0.5, 0.6) is 0 Å². The Morgan fingerprint density at radius 1 is 1.23 bits per heavy atom. The summed E-state index contributed by atoms with van der Waals surface area (Å²) in [5.74, 6) is -0.590. The Balaban J connectivity index is 0.000000497. The summed E-state index contributed by atoms with van der Waals surface area (Å²) in [6.45, 7) is 7.79. The molecule has 1 saturated heterocycles. The molecule has 9 nitrogen and oxygen atoms in total. The fourth-order valence-corrected chi connectivity index (χ4v) is 6.46. The second-order valence-corrected chi connectivity index (χ2v) is 11.2. The third kappa shape index (κ3) is 6.18. The molecule has 0 unspecified atom stereocenters. The zero-order valence-corrected chi connectivity index (χ0v) is 21.0. The van der Waals surface area contributed by atoms with Crippen molar-refractivity contribution in [2.75, 3.05) is 13.2 Å². The van der Waals surface area contributed by atoms with Gasteiger partial charge in [-0.25, -0.2) is 8.98 Å². The maximum Gasteiger partial charge on any atom is 0.397 e. The van der Waals surface area contributed by atoms with Crippen LogP contribution >= 0.6 is 0 Å². The van der Waals surface area contributed by atoms with E-state index in [1.54, 1.807) is 25.4 Å². The van der Waals surface area contributed by atoms with Gasteiger partial charge in [-0.3, -0.25) is 9.54 Å². The smallest absolute Gasteiger partial charge is 0.397 e. The van der Waals surface area contributed by atoms with Crippen molar-refractivity contribution in [3.05, 3.63) is 54.4 Å². The van der Waals surface area contributed by atoms with Crippen molar-refractivity contribution in [1.29, 1.82) is 0 Å². The third-order valence-corrected chi connectivity index (χ3v) is 8.39. The SMILES string of the molecule is C=C1CC[C@@H]2[C@](C)(COS(=O)(=O)O)[C@H](O)CC[C@@]2(C)[C@@H]1C/C=C1/C(=O)OC[C@H]1O.c1ccncc1. The van der Waals surface area contributed by atoms with Crippen LogP contribution in [0.1, 0.15) is 46.0 Å². The molecule has 3 aliphatic rings. The van der Waals surface area contributed by atoms with E-state index in [9.17, 15) is 23.4 Å². The summed E-state index contributed by atoms with van der Waals surface area (Å²) in [7, 11) is -4.62. The third-order valence-electron chi connectivity index (χ3n) is 7.98. The van der Waals surface area contributed by atoms with E-state index in [-0.39, 0.29) is 36.0 Å². The standard InChI is InChI=1S/C20H30O8S.C5H5N/c1-12-4-7-16-19(2,14(12)6-5-13-15(21)10-27-18(13)23)9-8-17(22)20(16,3)11-28-29(24,25)26;1-2-4-6-5-3-1/h5,14-17,21-22H,1,4,6-11H2,2-3H3,(H,24,25,26);1-5H/b13-5+;/t14-,15-,16+,17-,19+,20+;/m1./s1. The van der Waals surface area contributed by atoms with Crippen LogP contribution in [-0.4, -0.2) is 59.6 Å². The Morgan fingerprint density at radius 3 is 2.43 bits per heavy atom. The highest BCUT2D eigenvalue weighted by Gasteiger charge is 2.58. The molecule has 35 heavy (non-hydrogen) atoms. The molecule has 0 amide bonds. The minimum Gasteiger partial charge on any atom is -0.459 e. The van der Waals surface area contributed by atoms with E-state index in [1.807, 2.05) is 18.2 Å². The second-order valence-electron chi connectivity index (χ2n) is 10.1. The van der Waals surface area contributed by atoms with E-state index in [1.165, 1.54) is 0 Å². The number of cyclic esters (lactones) is 1. The van der Waals surface area contributed by atoms with Crippen LogP contribution in [-0.2, 0) is 24.1 Å². The number of carbonyl (C=O) groups excluding carboxylic acids is 1. The van der Waals surface area contributed by atoms with Crippen molar-refractivity contribution in [3.63, 3.8) is 0 Å². The van der Waals surface area contributed by atoms with Crippen LogP contribution in [0.4, 0.5) is 0 Å². The van der Waals surface area contributed by atoms with Crippen molar-refractivity contribution in [3.8, 4) is 0 Å². The Labute approximate surface area is 206 Å². The summed E-state index contributed by atoms with van der Waals surface area (Å²) in [5.41, 5.74) is 0.129. The predicted molar refractivity (Wildman–Crippen MR) is 128 cm³/mol. The van der Waals surface area contributed by atoms with Gasteiger partial charge in [-0.05, 0) is 61.5 Å². The first-order valence-electron chi connectivity index (χ1n) is 11.8. The molecule has 0 bridgehead atoms. The van der Waals surface area contributed by atoms with Crippen molar-refractivity contribution in [1.82, 2.24) is 4.98 Å². The van der Waals surface area contributed by atoms with Crippen LogP contribution in [0, 0.1) is 22.7 Å². The number of hydrogen-bond acceptors (Lipinski definition) is 8. The average molecular weight is 510 g/mol. The topological polar surface area (TPSA) is 143 Å². The predicted octanol–water partition coefficient (Wildman–Crippen LogP) is 2.87. The molecule has 1 aromatic rings. The van der Waals surface area contributed by atoms with Gasteiger partial charge in [-0.2, -0.15) is 8.42 Å². The summed E-state index contributed by atoms with van der Waals surface area (Å²) < 4.78 is 40.9. The summed E-state index contributed by atoms with van der Waals surface area (Å²) in [6.07, 6.45) is 6.62. The van der Waals surface area contributed by atoms with Crippen molar-refractivity contribution >= 4 is 16.4 Å². The molecule has 4 rings (SSSR count). The van der Waals surface area contributed by atoms with E-state index in [2.05, 4.69) is 18.5 Å². The average Bonchev–Trinajstić information content (AvgIpc) is 3.13. The van der Waals surface area contributed by atoms with Gasteiger partial charge in [0, 0.05) is 17.8 Å². The van der Waals surface area contributed by atoms with E-state index in [0.717, 1.165) is 12.0 Å². The number of pyridine rings is 1. The Kier molecular flexibility index (Phi) is 8.54. The number of aliphatic hydroxyl groups excluding tert-OH is 2. The molecular weight excluding hydrogens is 474 g/mol. The lowest BCUT2D eigenvalue weighted by atomic mass is 9.46. The van der Waals surface area contributed by atoms with Gasteiger partial charge >= 0.3 is 16.4 Å². The molecule has 0 aromatic carbocycles. The summed E-state index contributed by atoms with van der Waals surface area (Å²) >= 11 is 0. The molecule has 2 aliphatic carbocycles. The highest BCUT2D eigenvalue weighted by molar-refractivity contribution is 7.80. The molecule has 0 radical (unpaired) electrons. The number of ether oxygens (including phenoxy) is 1. The molecule has 0 spiro atoms. The highest BCUT2D eigenvalue weighted by atomic mass is 32.3. The number of hydrogen-bond donors (Lipinski definition) is 3. The number of allylic oxidation sites excluding steroid dienone is 2. The lowest BCUT2D eigenvalue weighted by molar-refractivity contribution is -0.147. The second kappa shape index (κ2) is 10.9. The number of nitrogens with zero attached hydrogens (tertiary/aromatic N) is 1. The molecule has 3 N–H and O–H groups in total. The lowest BCUT2D eigenvalue weighted by Crippen LogP contribution is -2.57. The van der Waals surface area contributed by atoms with E-state index < -0.39 is 34.0 Å². The lowest BCUT2D eigenvalue weighted by Gasteiger charge is -2.60. The Bertz CT molecular complexity index is 1020. The maximum absolute atomic E-state index is 11.8. The van der Waals surface area contributed by atoms with Gasteiger partial charge in [-0.15, -0.1) is 0 Å². The van der Waals surface area contributed by atoms with Gasteiger partial charge < -0.3 is 14.9 Å². The van der Waals surface area contributed by atoms with Crippen LogP contribution in [0.2, 0.25) is 0 Å². The minimum atomic E-state index is -4.62. The summed E-state index contributed by atoms with van der Waals surface area (Å²) in [5, 5.41) is 20.7. The number of fused-ring (bicyclic) bond motifs is 1. The van der Waals surface area contributed by atoms with Gasteiger partial charge in [0.25, 0.3) is 0 Å². The fourth-order valence-electron chi connectivity index (χ4n) is 6.06. The van der Waals surface area contributed by atoms with Gasteiger partial charge in [0.1, 0.15) is 12.7 Å². The van der Waals surface area contributed by atoms with Gasteiger partial charge in [-0.1, -0.05) is 38.1 Å². The highest BCUT2D eigenvalue weighted by Crippen LogP contribution is 2.62. The van der Waals surface area contributed by atoms with Crippen LogP contribution in [0.15, 0.2) is 54.4 Å². The van der Waals surface area contributed by atoms with Crippen LogP contribution in [0.3, 0.4) is 0 Å². The zero-order valence-electron chi connectivity index (χ0n) is 20.2. The number of aliphatic hydroxyl groups is 2. The van der Waals surface area contributed by atoms with E-state index in [4.69, 9.17) is 13.5 Å². The van der Waals surface area contributed by atoms with Crippen molar-refractivity contribution in [2.24, 2.45) is 22.7 Å². The molecule has 1 aliphatic heterocycles. The number of rotatable bonds is 5. The first kappa shape index (κ1) is 27.5. The molecule has 194 valence electrons. The molecule has 3 fully saturated rings. The molecule has 2 heterocycles. The molecule has 10 heteroatoms. The zero-order chi connectivity index (χ0) is 25.9. The molecule has 6 atom stereocenters. The molecular formula is C25H35NO8S.